The number of phenolic OH excluding ortho intramolecular Hbond substituents is 1. The van der Waals surface area contributed by atoms with E-state index in [4.69, 9.17) is 9.47 Å². The zero-order valence-electron chi connectivity index (χ0n) is 28.3. The molecule has 3 N–H and O–H groups in total. The van der Waals surface area contributed by atoms with E-state index in [1.807, 2.05) is 50.2 Å². The number of aryl methyl sites for hydroxylation is 1. The summed E-state index contributed by atoms with van der Waals surface area (Å²) in [6, 6.07) is 11.8. The molecular weight excluding hydrogens is 588 g/mol. The third-order valence-corrected chi connectivity index (χ3v) is 6.61. The van der Waals surface area contributed by atoms with Crippen LogP contribution in [-0.4, -0.2) is 63.7 Å². The molecule has 0 heterocycles. The number of rotatable bonds is 12. The number of amides is 3. The highest BCUT2D eigenvalue weighted by molar-refractivity contribution is 5.94. The Balaban J connectivity index is 2.62. The summed E-state index contributed by atoms with van der Waals surface area (Å²) >= 11 is 0. The molecule has 0 aliphatic heterocycles. The maximum absolute atomic E-state index is 14.3. The molecule has 3 amide bonds. The fourth-order valence-corrected chi connectivity index (χ4v) is 4.70. The third-order valence-electron chi connectivity index (χ3n) is 6.61. The molecule has 0 spiro atoms. The lowest BCUT2D eigenvalue weighted by Crippen LogP contribution is -2.55. The lowest BCUT2D eigenvalue weighted by atomic mass is 9.97. The molecule has 0 aromatic heterocycles. The van der Waals surface area contributed by atoms with Crippen molar-refractivity contribution in [3.63, 3.8) is 0 Å². The summed E-state index contributed by atoms with van der Waals surface area (Å²) in [5.74, 6) is -2.20. The van der Waals surface area contributed by atoms with E-state index in [0.717, 1.165) is 10.5 Å². The molecule has 46 heavy (non-hydrogen) atoms. The van der Waals surface area contributed by atoms with Crippen LogP contribution in [-0.2, 0) is 30.3 Å². The molecule has 0 saturated carbocycles. The molecule has 0 radical (unpaired) electrons. The van der Waals surface area contributed by atoms with Crippen molar-refractivity contribution in [1.29, 1.82) is 5.26 Å². The molecule has 11 nitrogen and oxygen atoms in total. The number of ether oxygens (including phenoxy) is 2. The Morgan fingerprint density at radius 3 is 2.04 bits per heavy atom. The highest BCUT2D eigenvalue weighted by atomic mass is 16.6. The second-order valence-corrected chi connectivity index (χ2v) is 13.7. The standard InChI is InChI=1S/C35H48N4O7/c1-22(2)19-26(38-33(44)46-35(7,8)9)31(42)39(18-17-36)29(25-15-16-28(40)23(3)20-25)30(41)37-27(32(43)45-34(4,5)6)21-24-13-11-10-12-14-24/h10-16,20,22,26-27,29,40H,18-19,21H2,1-9H3,(H,37,41)(H,38,44). The van der Waals surface area contributed by atoms with E-state index in [9.17, 15) is 29.5 Å². The van der Waals surface area contributed by atoms with Crippen LogP contribution in [0.4, 0.5) is 4.79 Å². The summed E-state index contributed by atoms with van der Waals surface area (Å²) in [6.07, 6.45) is -0.527. The van der Waals surface area contributed by atoms with Gasteiger partial charge in [0.25, 0.3) is 0 Å². The van der Waals surface area contributed by atoms with Gasteiger partial charge >= 0.3 is 12.1 Å². The van der Waals surface area contributed by atoms with E-state index in [1.54, 1.807) is 48.5 Å². The van der Waals surface area contributed by atoms with Crippen LogP contribution in [0.15, 0.2) is 48.5 Å². The molecule has 0 aliphatic rings. The van der Waals surface area contributed by atoms with E-state index in [2.05, 4.69) is 10.6 Å². The van der Waals surface area contributed by atoms with Crippen molar-refractivity contribution in [3.05, 3.63) is 65.2 Å². The zero-order valence-corrected chi connectivity index (χ0v) is 28.3. The van der Waals surface area contributed by atoms with Crippen molar-refractivity contribution in [1.82, 2.24) is 15.5 Å². The van der Waals surface area contributed by atoms with Gasteiger partial charge in [-0.05, 0) is 89.6 Å². The first-order valence-electron chi connectivity index (χ1n) is 15.3. The van der Waals surface area contributed by atoms with Gasteiger partial charge in [0.2, 0.25) is 11.8 Å². The van der Waals surface area contributed by atoms with Crippen molar-refractivity contribution >= 4 is 23.9 Å². The van der Waals surface area contributed by atoms with Crippen molar-refractivity contribution in [2.24, 2.45) is 5.92 Å². The molecule has 2 rings (SSSR count). The molecule has 2 aromatic rings. The highest BCUT2D eigenvalue weighted by Crippen LogP contribution is 2.28. The number of esters is 1. The number of aromatic hydroxyl groups is 1. The minimum atomic E-state index is -1.41. The fourth-order valence-electron chi connectivity index (χ4n) is 4.70. The summed E-state index contributed by atoms with van der Waals surface area (Å²) in [7, 11) is 0. The van der Waals surface area contributed by atoms with Crippen molar-refractivity contribution in [3.8, 4) is 11.8 Å². The first kappa shape index (κ1) is 37.6. The quantitative estimate of drug-likeness (QED) is 0.214. The minimum Gasteiger partial charge on any atom is -0.508 e. The molecule has 0 bridgehead atoms. The molecule has 0 aliphatic carbocycles. The van der Waals surface area contributed by atoms with Gasteiger partial charge in [-0.2, -0.15) is 5.26 Å². The number of nitrogens with zero attached hydrogens (tertiary/aromatic N) is 2. The first-order valence-corrected chi connectivity index (χ1v) is 15.3. The van der Waals surface area contributed by atoms with Crippen molar-refractivity contribution < 1.29 is 33.8 Å². The van der Waals surface area contributed by atoms with Crippen molar-refractivity contribution in [2.75, 3.05) is 6.54 Å². The Morgan fingerprint density at radius 1 is 0.913 bits per heavy atom. The average Bonchev–Trinajstić information content (AvgIpc) is 2.92. The Bertz CT molecular complexity index is 1400. The van der Waals surface area contributed by atoms with Crippen LogP contribution in [0.2, 0.25) is 0 Å². The zero-order chi connectivity index (χ0) is 34.8. The molecule has 0 fully saturated rings. The number of carbonyl (C=O) groups excluding carboxylic acids is 4. The monoisotopic (exact) mass is 636 g/mol. The number of hydrogen-bond donors (Lipinski definition) is 3. The van der Waals surface area contributed by atoms with Gasteiger partial charge in [-0.3, -0.25) is 9.59 Å². The van der Waals surface area contributed by atoms with Crippen LogP contribution in [0.25, 0.3) is 0 Å². The molecular formula is C35H48N4O7. The molecule has 3 atom stereocenters. The summed E-state index contributed by atoms with van der Waals surface area (Å²) in [5, 5.41) is 25.5. The van der Waals surface area contributed by atoms with Crippen LogP contribution in [0.1, 0.15) is 84.5 Å². The van der Waals surface area contributed by atoms with Gasteiger partial charge < -0.3 is 30.1 Å². The van der Waals surface area contributed by atoms with Gasteiger partial charge in [0.15, 0.2) is 0 Å². The first-order chi connectivity index (χ1) is 21.3. The second-order valence-electron chi connectivity index (χ2n) is 13.7. The molecule has 3 unspecified atom stereocenters. The molecule has 11 heteroatoms. The van der Waals surface area contributed by atoms with E-state index in [-0.39, 0.29) is 24.5 Å². The smallest absolute Gasteiger partial charge is 0.408 e. The lowest BCUT2D eigenvalue weighted by molar-refractivity contribution is -0.159. The van der Waals surface area contributed by atoms with Crippen LogP contribution in [0.3, 0.4) is 0 Å². The summed E-state index contributed by atoms with van der Waals surface area (Å²) < 4.78 is 11.0. The number of hydrogen-bond acceptors (Lipinski definition) is 8. The Kier molecular flexibility index (Phi) is 13.2. The van der Waals surface area contributed by atoms with E-state index < -0.39 is 59.7 Å². The number of benzene rings is 2. The van der Waals surface area contributed by atoms with Gasteiger partial charge in [-0.25, -0.2) is 9.59 Å². The van der Waals surface area contributed by atoms with Crippen LogP contribution in [0.5, 0.6) is 5.75 Å². The topological polar surface area (TPSA) is 158 Å². The average molecular weight is 637 g/mol. The SMILES string of the molecule is Cc1cc(C(C(=O)NC(Cc2ccccc2)C(=O)OC(C)(C)C)N(CC#N)C(=O)C(CC(C)C)NC(=O)OC(C)(C)C)ccc1O. The molecule has 2 aromatic carbocycles. The Hall–Kier alpha value is -4.59. The number of nitrogens with one attached hydrogen (secondary N) is 2. The second kappa shape index (κ2) is 16.1. The summed E-state index contributed by atoms with van der Waals surface area (Å²) in [6.45, 7) is 15.1. The van der Waals surface area contributed by atoms with Gasteiger partial charge in [0.05, 0.1) is 6.07 Å². The number of alkyl carbamates (subject to hydrolysis) is 1. The Labute approximate surface area is 272 Å². The number of nitriles is 1. The minimum absolute atomic E-state index is 0.0268. The lowest BCUT2D eigenvalue weighted by Gasteiger charge is -2.34. The maximum Gasteiger partial charge on any atom is 0.408 e. The van der Waals surface area contributed by atoms with Gasteiger partial charge in [-0.15, -0.1) is 0 Å². The number of carbonyl (C=O) groups is 4. The van der Waals surface area contributed by atoms with E-state index in [0.29, 0.717) is 11.1 Å². The van der Waals surface area contributed by atoms with Gasteiger partial charge in [0.1, 0.15) is 41.6 Å². The van der Waals surface area contributed by atoms with Gasteiger partial charge in [-0.1, -0.05) is 50.2 Å². The number of phenols is 1. The molecule has 250 valence electrons. The Morgan fingerprint density at radius 2 is 1.52 bits per heavy atom. The fraction of sp³-hybridized carbons (Fsp3) is 0.514. The largest absolute Gasteiger partial charge is 0.508 e. The van der Waals surface area contributed by atoms with E-state index >= 15 is 0 Å². The summed E-state index contributed by atoms with van der Waals surface area (Å²) in [4.78, 5) is 55.7. The van der Waals surface area contributed by atoms with Crippen LogP contribution in [0, 0.1) is 24.2 Å². The third kappa shape index (κ3) is 12.1. The van der Waals surface area contributed by atoms with Crippen LogP contribution < -0.4 is 10.6 Å². The van der Waals surface area contributed by atoms with Gasteiger partial charge in [0, 0.05) is 6.42 Å². The summed E-state index contributed by atoms with van der Waals surface area (Å²) in [5.41, 5.74) is -0.190. The maximum atomic E-state index is 14.3. The van der Waals surface area contributed by atoms with Crippen LogP contribution >= 0.6 is 0 Å². The van der Waals surface area contributed by atoms with Crippen molar-refractivity contribution in [2.45, 2.75) is 104 Å². The van der Waals surface area contributed by atoms with E-state index in [1.165, 1.54) is 18.2 Å². The normalized spacial score (nSPS) is 13.5. The highest BCUT2D eigenvalue weighted by Gasteiger charge is 2.38. The predicted octanol–water partition coefficient (Wildman–Crippen LogP) is 5.10. The molecule has 0 saturated heterocycles. The predicted molar refractivity (Wildman–Crippen MR) is 173 cm³/mol.